The van der Waals surface area contributed by atoms with Gasteiger partial charge in [-0.15, -0.1) is 0 Å². The highest BCUT2D eigenvalue weighted by molar-refractivity contribution is 5.94. The summed E-state index contributed by atoms with van der Waals surface area (Å²) >= 11 is 0. The van der Waals surface area contributed by atoms with Gasteiger partial charge in [0.2, 0.25) is 5.91 Å². The van der Waals surface area contributed by atoms with Gasteiger partial charge in [-0.05, 0) is 38.5 Å². The quantitative estimate of drug-likeness (QED) is 0.850. The summed E-state index contributed by atoms with van der Waals surface area (Å²) in [6, 6.07) is 3.46. The van der Waals surface area contributed by atoms with Gasteiger partial charge in [0.15, 0.2) is 0 Å². The third-order valence-corrected chi connectivity index (χ3v) is 3.18. The lowest BCUT2D eigenvalue weighted by atomic mass is 10.1. The first-order valence-electron chi connectivity index (χ1n) is 7.09. The molecule has 0 fully saturated rings. The van der Waals surface area contributed by atoms with E-state index < -0.39 is 11.7 Å². The number of amides is 1. The van der Waals surface area contributed by atoms with E-state index in [9.17, 15) is 18.0 Å². The van der Waals surface area contributed by atoms with Crippen LogP contribution in [0.3, 0.4) is 0 Å². The highest BCUT2D eigenvalue weighted by Gasteiger charge is 2.31. The molecule has 0 spiro atoms. The van der Waals surface area contributed by atoms with Gasteiger partial charge in [-0.25, -0.2) is 0 Å². The molecule has 21 heavy (non-hydrogen) atoms. The molecule has 1 aromatic carbocycles. The molecule has 118 valence electrons. The van der Waals surface area contributed by atoms with E-state index in [1.54, 1.807) is 0 Å². The van der Waals surface area contributed by atoms with Crippen LogP contribution in [0, 0.1) is 0 Å². The lowest BCUT2D eigenvalue weighted by Gasteiger charge is -2.25. The molecule has 0 bridgehead atoms. The van der Waals surface area contributed by atoms with Crippen LogP contribution in [0.5, 0.6) is 0 Å². The highest BCUT2D eigenvalue weighted by Crippen LogP contribution is 2.35. The molecule has 0 heterocycles. The van der Waals surface area contributed by atoms with Gasteiger partial charge in [0.05, 0.1) is 16.9 Å². The van der Waals surface area contributed by atoms with Crippen LogP contribution < -0.4 is 10.2 Å². The molecule has 1 N–H and O–H groups in total. The van der Waals surface area contributed by atoms with Gasteiger partial charge in [-0.3, -0.25) is 4.79 Å². The molecule has 1 amide bonds. The van der Waals surface area contributed by atoms with Crippen molar-refractivity contribution in [3.05, 3.63) is 23.8 Å². The Morgan fingerprint density at radius 2 is 1.81 bits per heavy atom. The Morgan fingerprint density at radius 3 is 2.29 bits per heavy atom. The van der Waals surface area contributed by atoms with Crippen LogP contribution in [-0.2, 0) is 11.0 Å². The molecule has 0 saturated heterocycles. The number of benzene rings is 1. The van der Waals surface area contributed by atoms with Crippen molar-refractivity contribution < 1.29 is 18.0 Å². The average Bonchev–Trinajstić information content (AvgIpc) is 2.40. The Morgan fingerprint density at radius 1 is 1.19 bits per heavy atom. The van der Waals surface area contributed by atoms with Crippen molar-refractivity contribution in [3.8, 4) is 0 Å². The van der Waals surface area contributed by atoms with Gasteiger partial charge in [-0.1, -0.05) is 6.92 Å². The third-order valence-electron chi connectivity index (χ3n) is 3.18. The summed E-state index contributed by atoms with van der Waals surface area (Å²) in [4.78, 5) is 13.6. The van der Waals surface area contributed by atoms with Crippen molar-refractivity contribution in [2.45, 2.75) is 39.8 Å². The van der Waals surface area contributed by atoms with Gasteiger partial charge >= 0.3 is 6.18 Å². The lowest BCUT2D eigenvalue weighted by molar-refractivity contribution is -0.137. The number of nitrogens with zero attached hydrogens (tertiary/aromatic N) is 1. The predicted molar refractivity (Wildman–Crippen MR) is 78.5 cm³/mol. The van der Waals surface area contributed by atoms with E-state index in [0.717, 1.165) is 12.1 Å². The van der Waals surface area contributed by atoms with Crippen LogP contribution in [0.25, 0.3) is 0 Å². The summed E-state index contributed by atoms with van der Waals surface area (Å²) in [5, 5.41) is 2.59. The minimum atomic E-state index is -4.42. The number of rotatable bonds is 6. The molecule has 0 atom stereocenters. The Hall–Kier alpha value is -1.72. The third kappa shape index (κ3) is 4.65. The van der Waals surface area contributed by atoms with E-state index in [0.29, 0.717) is 25.2 Å². The lowest BCUT2D eigenvalue weighted by Crippen LogP contribution is -2.24. The van der Waals surface area contributed by atoms with Crippen molar-refractivity contribution in [1.29, 1.82) is 0 Å². The van der Waals surface area contributed by atoms with Gasteiger partial charge in [0.25, 0.3) is 0 Å². The van der Waals surface area contributed by atoms with Gasteiger partial charge in [-0.2, -0.15) is 13.2 Å². The predicted octanol–water partition coefficient (Wildman–Crippen LogP) is 4.29. The van der Waals surface area contributed by atoms with E-state index in [1.807, 2.05) is 25.7 Å². The zero-order valence-corrected chi connectivity index (χ0v) is 12.5. The number of anilines is 2. The first kappa shape index (κ1) is 17.3. The van der Waals surface area contributed by atoms with Crippen molar-refractivity contribution in [1.82, 2.24) is 0 Å². The van der Waals surface area contributed by atoms with Gasteiger partial charge in [0.1, 0.15) is 0 Å². The topological polar surface area (TPSA) is 32.3 Å². The minimum Gasteiger partial charge on any atom is -0.370 e. The molecule has 1 aromatic rings. The van der Waals surface area contributed by atoms with E-state index >= 15 is 0 Å². The molecular weight excluding hydrogens is 281 g/mol. The number of carbonyl (C=O) groups is 1. The van der Waals surface area contributed by atoms with E-state index in [2.05, 4.69) is 5.32 Å². The molecule has 1 rings (SSSR count). The Labute approximate surface area is 123 Å². The molecule has 0 aliphatic heterocycles. The van der Waals surface area contributed by atoms with Crippen LogP contribution in [0.4, 0.5) is 24.5 Å². The Balaban J connectivity index is 3.21. The van der Waals surface area contributed by atoms with Crippen LogP contribution in [0.1, 0.15) is 39.2 Å². The number of hydrogen-bond acceptors (Lipinski definition) is 2. The maximum Gasteiger partial charge on any atom is 0.416 e. The summed E-state index contributed by atoms with van der Waals surface area (Å²) in [6.45, 7) is 6.98. The zero-order chi connectivity index (χ0) is 16.0. The SMILES string of the molecule is CCCC(=O)Nc1cc(C(F)(F)F)ccc1N(CC)CC. The molecule has 0 radical (unpaired) electrons. The minimum absolute atomic E-state index is 0.215. The van der Waals surface area contributed by atoms with Crippen molar-refractivity contribution >= 4 is 17.3 Å². The fraction of sp³-hybridized carbons (Fsp3) is 0.533. The number of halogens is 3. The fourth-order valence-corrected chi connectivity index (χ4v) is 2.09. The summed E-state index contributed by atoms with van der Waals surface area (Å²) in [5.74, 6) is -0.273. The maximum atomic E-state index is 12.8. The first-order valence-corrected chi connectivity index (χ1v) is 7.09. The normalized spacial score (nSPS) is 11.3. The average molecular weight is 302 g/mol. The summed E-state index contributed by atoms with van der Waals surface area (Å²) < 4.78 is 38.5. The first-order chi connectivity index (χ1) is 9.83. The second-order valence-electron chi connectivity index (χ2n) is 4.70. The number of carbonyl (C=O) groups excluding carboxylic acids is 1. The highest BCUT2D eigenvalue weighted by atomic mass is 19.4. The molecule has 0 aliphatic rings. The van der Waals surface area contributed by atoms with Gasteiger partial charge in [0, 0.05) is 19.5 Å². The fourth-order valence-electron chi connectivity index (χ4n) is 2.09. The zero-order valence-electron chi connectivity index (χ0n) is 12.5. The summed E-state index contributed by atoms with van der Waals surface area (Å²) in [7, 11) is 0. The van der Waals surface area contributed by atoms with Gasteiger partial charge < -0.3 is 10.2 Å². The number of alkyl halides is 3. The van der Waals surface area contributed by atoms with Crippen molar-refractivity contribution in [2.75, 3.05) is 23.3 Å². The van der Waals surface area contributed by atoms with Crippen molar-refractivity contribution in [2.24, 2.45) is 0 Å². The van der Waals surface area contributed by atoms with E-state index in [1.165, 1.54) is 6.07 Å². The number of nitrogens with one attached hydrogen (secondary N) is 1. The van der Waals surface area contributed by atoms with Crippen LogP contribution in [0.15, 0.2) is 18.2 Å². The Bertz CT molecular complexity index is 482. The van der Waals surface area contributed by atoms with Crippen LogP contribution in [-0.4, -0.2) is 19.0 Å². The Kier molecular flexibility index (Phi) is 6.05. The molecule has 0 aromatic heterocycles. The molecule has 3 nitrogen and oxygen atoms in total. The van der Waals surface area contributed by atoms with Crippen molar-refractivity contribution in [3.63, 3.8) is 0 Å². The second-order valence-corrected chi connectivity index (χ2v) is 4.70. The largest absolute Gasteiger partial charge is 0.416 e. The summed E-state index contributed by atoms with van der Waals surface area (Å²) in [6.07, 6.45) is -3.49. The monoisotopic (exact) mass is 302 g/mol. The van der Waals surface area contributed by atoms with Crippen LogP contribution in [0.2, 0.25) is 0 Å². The van der Waals surface area contributed by atoms with E-state index in [4.69, 9.17) is 0 Å². The molecule has 0 aliphatic carbocycles. The smallest absolute Gasteiger partial charge is 0.370 e. The van der Waals surface area contributed by atoms with Crippen LogP contribution >= 0.6 is 0 Å². The number of hydrogen-bond donors (Lipinski definition) is 1. The molecule has 0 unspecified atom stereocenters. The maximum absolute atomic E-state index is 12.8. The van der Waals surface area contributed by atoms with E-state index in [-0.39, 0.29) is 18.0 Å². The molecule has 6 heteroatoms. The molecular formula is C15H21F3N2O. The summed E-state index contributed by atoms with van der Waals surface area (Å²) in [5.41, 5.74) is 0.0645. The molecule has 0 saturated carbocycles. The second kappa shape index (κ2) is 7.33. The standard InChI is InChI=1S/C15H21F3N2O/c1-4-7-14(21)19-12-10-11(15(16,17)18)8-9-13(12)20(5-2)6-3/h8-10H,4-7H2,1-3H3,(H,19,21).